The Labute approximate surface area is 108 Å². The van der Waals surface area contributed by atoms with Gasteiger partial charge in [0.25, 0.3) is 5.91 Å². The summed E-state index contributed by atoms with van der Waals surface area (Å²) in [6, 6.07) is 9.74. The summed E-state index contributed by atoms with van der Waals surface area (Å²) in [5, 5.41) is 5.53. The van der Waals surface area contributed by atoms with Crippen molar-refractivity contribution in [3.63, 3.8) is 0 Å². The smallest absolute Gasteiger partial charge is 0.270 e. The molecule has 0 aliphatic rings. The summed E-state index contributed by atoms with van der Waals surface area (Å²) in [4.78, 5) is 16.2. The lowest BCUT2D eigenvalue weighted by molar-refractivity contribution is 0.0941. The second-order valence-corrected chi connectivity index (χ2v) is 4.56. The van der Waals surface area contributed by atoms with Crippen LogP contribution >= 0.6 is 15.9 Å². The predicted molar refractivity (Wildman–Crippen MR) is 72.5 cm³/mol. The van der Waals surface area contributed by atoms with Gasteiger partial charge in [0.05, 0.1) is 0 Å². The zero-order valence-corrected chi connectivity index (χ0v) is 11.1. The number of hydrogen-bond donors (Lipinski definition) is 1. The molecule has 2 aromatic rings. The van der Waals surface area contributed by atoms with Gasteiger partial charge in [0.15, 0.2) is 0 Å². The van der Waals surface area contributed by atoms with Crippen molar-refractivity contribution in [1.29, 1.82) is 0 Å². The third-order valence-corrected chi connectivity index (χ3v) is 3.47. The maximum absolute atomic E-state index is 12.0. The topological polar surface area (TPSA) is 42.0 Å². The lowest BCUT2D eigenvalue weighted by atomic mass is 10.1. The van der Waals surface area contributed by atoms with Gasteiger partial charge in [-0.15, -0.1) is 0 Å². The molecule has 1 unspecified atom stereocenters. The van der Waals surface area contributed by atoms with Crippen molar-refractivity contribution in [3.05, 3.63) is 42.2 Å². The van der Waals surface area contributed by atoms with E-state index in [2.05, 4.69) is 26.2 Å². The van der Waals surface area contributed by atoms with Crippen molar-refractivity contribution in [3.8, 4) is 0 Å². The number of amides is 1. The first-order chi connectivity index (χ1) is 8.22. The number of nitrogens with zero attached hydrogens (tertiary/aromatic N) is 1. The van der Waals surface area contributed by atoms with E-state index in [0.717, 1.165) is 16.1 Å². The largest absolute Gasteiger partial charge is 0.347 e. The molecule has 17 heavy (non-hydrogen) atoms. The number of nitrogens with one attached hydrogen (secondary N) is 1. The summed E-state index contributed by atoms with van der Waals surface area (Å²) in [6.45, 7) is 1.94. The van der Waals surface area contributed by atoms with E-state index in [1.165, 1.54) is 0 Å². The minimum atomic E-state index is -0.131. The van der Waals surface area contributed by atoms with E-state index in [0.29, 0.717) is 5.69 Å². The summed E-state index contributed by atoms with van der Waals surface area (Å²) in [6.07, 6.45) is 1.66. The maximum atomic E-state index is 12.0. The highest BCUT2D eigenvalue weighted by Crippen LogP contribution is 2.16. The molecule has 0 aliphatic carbocycles. The average Bonchev–Trinajstić information content (AvgIpc) is 2.37. The van der Waals surface area contributed by atoms with Gasteiger partial charge < -0.3 is 5.32 Å². The van der Waals surface area contributed by atoms with Crippen molar-refractivity contribution < 1.29 is 4.79 Å². The second kappa shape index (κ2) is 5.27. The van der Waals surface area contributed by atoms with Crippen LogP contribution in [0.25, 0.3) is 10.8 Å². The molecule has 1 N–H and O–H groups in total. The van der Waals surface area contributed by atoms with Crippen LogP contribution in [0.2, 0.25) is 0 Å². The van der Waals surface area contributed by atoms with E-state index in [-0.39, 0.29) is 11.9 Å². The number of hydrogen-bond acceptors (Lipinski definition) is 2. The van der Waals surface area contributed by atoms with Crippen LogP contribution in [0.1, 0.15) is 17.4 Å². The molecular formula is C13H13BrN2O. The Balaban J connectivity index is 2.38. The monoisotopic (exact) mass is 292 g/mol. The van der Waals surface area contributed by atoms with Gasteiger partial charge >= 0.3 is 0 Å². The van der Waals surface area contributed by atoms with Crippen LogP contribution in [-0.2, 0) is 0 Å². The van der Waals surface area contributed by atoms with Crippen LogP contribution in [0, 0.1) is 0 Å². The third kappa shape index (κ3) is 2.64. The molecule has 1 amide bonds. The fourth-order valence-electron chi connectivity index (χ4n) is 1.63. The van der Waals surface area contributed by atoms with E-state index >= 15 is 0 Å². The number of halogens is 1. The molecule has 1 aromatic carbocycles. The Morgan fingerprint density at radius 1 is 1.41 bits per heavy atom. The molecule has 1 heterocycles. The molecule has 0 saturated heterocycles. The van der Waals surface area contributed by atoms with Gasteiger partial charge in [0.2, 0.25) is 0 Å². The number of benzene rings is 1. The van der Waals surface area contributed by atoms with Gasteiger partial charge in [-0.2, -0.15) is 0 Å². The van der Waals surface area contributed by atoms with Crippen LogP contribution in [0.5, 0.6) is 0 Å². The Kier molecular flexibility index (Phi) is 3.74. The lowest BCUT2D eigenvalue weighted by Crippen LogP contribution is -2.34. The van der Waals surface area contributed by atoms with Crippen LogP contribution < -0.4 is 5.32 Å². The first-order valence-electron chi connectivity index (χ1n) is 5.43. The Morgan fingerprint density at radius 3 is 2.94 bits per heavy atom. The molecule has 1 aromatic heterocycles. The van der Waals surface area contributed by atoms with Crippen molar-refractivity contribution in [1.82, 2.24) is 10.3 Å². The van der Waals surface area contributed by atoms with Crippen LogP contribution in [0.3, 0.4) is 0 Å². The standard InChI is InChI=1S/C13H13BrN2O/c1-9(8-14)16-13(17)12-11-5-3-2-4-10(11)6-7-15-12/h2-7,9H,8H2,1H3,(H,16,17). The predicted octanol–water partition coefficient (Wildman–Crippen LogP) is 2.75. The van der Waals surface area contributed by atoms with E-state index in [1.807, 2.05) is 37.3 Å². The molecule has 0 aliphatic heterocycles. The fourth-order valence-corrected chi connectivity index (χ4v) is 1.79. The van der Waals surface area contributed by atoms with Gasteiger partial charge in [0.1, 0.15) is 5.69 Å². The average molecular weight is 293 g/mol. The normalized spacial score (nSPS) is 12.4. The summed E-state index contributed by atoms with van der Waals surface area (Å²) >= 11 is 3.33. The van der Waals surface area contributed by atoms with Crippen molar-refractivity contribution in [2.45, 2.75) is 13.0 Å². The molecule has 2 rings (SSSR count). The summed E-state index contributed by atoms with van der Waals surface area (Å²) < 4.78 is 0. The zero-order valence-electron chi connectivity index (χ0n) is 9.48. The number of aromatic nitrogens is 1. The molecule has 0 bridgehead atoms. The van der Waals surface area contributed by atoms with E-state index < -0.39 is 0 Å². The molecule has 0 fully saturated rings. The first kappa shape index (κ1) is 12.0. The summed E-state index contributed by atoms with van der Waals surface area (Å²) in [5.74, 6) is -0.131. The van der Waals surface area contributed by atoms with Crippen molar-refractivity contribution >= 4 is 32.6 Å². The highest BCUT2D eigenvalue weighted by Gasteiger charge is 2.13. The number of alkyl halides is 1. The van der Waals surface area contributed by atoms with E-state index in [4.69, 9.17) is 0 Å². The Bertz CT molecular complexity index is 536. The minimum absolute atomic E-state index is 0.0864. The number of rotatable bonds is 3. The SMILES string of the molecule is CC(CBr)NC(=O)c1nccc2ccccc12. The maximum Gasteiger partial charge on any atom is 0.270 e. The summed E-state index contributed by atoms with van der Waals surface area (Å²) in [7, 11) is 0. The van der Waals surface area contributed by atoms with E-state index in [9.17, 15) is 4.79 Å². The zero-order chi connectivity index (χ0) is 12.3. The second-order valence-electron chi connectivity index (χ2n) is 3.91. The molecule has 88 valence electrons. The highest BCUT2D eigenvalue weighted by atomic mass is 79.9. The van der Waals surface area contributed by atoms with Crippen LogP contribution in [-0.4, -0.2) is 22.3 Å². The molecular weight excluding hydrogens is 280 g/mol. The highest BCUT2D eigenvalue weighted by molar-refractivity contribution is 9.09. The lowest BCUT2D eigenvalue weighted by Gasteiger charge is -2.11. The van der Waals surface area contributed by atoms with Gasteiger partial charge in [-0.1, -0.05) is 40.2 Å². The molecule has 0 radical (unpaired) electrons. The summed E-state index contributed by atoms with van der Waals surface area (Å²) in [5.41, 5.74) is 0.482. The molecule has 3 nitrogen and oxygen atoms in total. The minimum Gasteiger partial charge on any atom is -0.347 e. The molecule has 0 spiro atoms. The number of carbonyl (C=O) groups is 1. The molecule has 0 saturated carbocycles. The first-order valence-corrected chi connectivity index (χ1v) is 6.55. The quantitative estimate of drug-likeness (QED) is 0.884. The van der Waals surface area contributed by atoms with Crippen molar-refractivity contribution in [2.75, 3.05) is 5.33 Å². The van der Waals surface area contributed by atoms with Gasteiger partial charge in [0, 0.05) is 23.0 Å². The Morgan fingerprint density at radius 2 is 2.18 bits per heavy atom. The van der Waals surface area contributed by atoms with Gasteiger partial charge in [-0.05, 0) is 18.4 Å². The third-order valence-electron chi connectivity index (χ3n) is 2.50. The van der Waals surface area contributed by atoms with Gasteiger partial charge in [-0.3, -0.25) is 9.78 Å². The van der Waals surface area contributed by atoms with Crippen LogP contribution in [0.15, 0.2) is 36.5 Å². The number of carbonyl (C=O) groups excluding carboxylic acids is 1. The van der Waals surface area contributed by atoms with Gasteiger partial charge in [-0.25, -0.2) is 0 Å². The number of fused-ring (bicyclic) bond motifs is 1. The van der Waals surface area contributed by atoms with E-state index in [1.54, 1.807) is 6.20 Å². The molecule has 4 heteroatoms. The Hall–Kier alpha value is -1.42. The van der Waals surface area contributed by atoms with Crippen molar-refractivity contribution in [2.24, 2.45) is 0 Å². The van der Waals surface area contributed by atoms with Crippen LogP contribution in [0.4, 0.5) is 0 Å². The molecule has 1 atom stereocenters. The number of pyridine rings is 1. The fraction of sp³-hybridized carbons (Fsp3) is 0.231.